The third-order valence-electron chi connectivity index (χ3n) is 5.55. The highest BCUT2D eigenvalue weighted by Gasteiger charge is 2.41. The molecule has 0 spiro atoms. The van der Waals surface area contributed by atoms with E-state index >= 15 is 0 Å². The molecule has 0 saturated heterocycles. The number of aliphatic hydroxyl groups excluding tert-OH is 1. The molecule has 0 aliphatic carbocycles. The summed E-state index contributed by atoms with van der Waals surface area (Å²) in [6.07, 6.45) is 0. The number of amides is 1. The molecule has 0 saturated carbocycles. The van der Waals surface area contributed by atoms with Gasteiger partial charge in [0, 0.05) is 12.1 Å². The Morgan fingerprint density at radius 2 is 1.59 bits per heavy atom. The number of hydrogen-bond donors (Lipinski definition) is 1. The molecule has 0 bridgehead atoms. The van der Waals surface area contributed by atoms with Crippen LogP contribution in [0.15, 0.2) is 84.6 Å². The van der Waals surface area contributed by atoms with Crippen molar-refractivity contribution in [3.8, 4) is 5.75 Å². The zero-order valence-corrected chi connectivity index (χ0v) is 17.8. The number of rotatable bonds is 6. The molecule has 3 aromatic rings. The van der Waals surface area contributed by atoms with Gasteiger partial charge in [-0.1, -0.05) is 54.6 Å². The van der Waals surface area contributed by atoms with Crippen LogP contribution < -0.4 is 4.74 Å². The van der Waals surface area contributed by atoms with Gasteiger partial charge in [-0.2, -0.15) is 0 Å². The topological polar surface area (TPSA) is 76.1 Å². The number of esters is 1. The molecule has 32 heavy (non-hydrogen) atoms. The number of carbonyl (C=O) groups is 2. The van der Waals surface area contributed by atoms with E-state index in [0.29, 0.717) is 29.0 Å². The number of nitrogens with zero attached hydrogens (tertiary/aromatic N) is 1. The van der Waals surface area contributed by atoms with E-state index < -0.39 is 17.9 Å². The summed E-state index contributed by atoms with van der Waals surface area (Å²) in [6.45, 7) is 0.326. The maximum Gasteiger partial charge on any atom is 0.337 e. The van der Waals surface area contributed by atoms with E-state index in [1.54, 1.807) is 48.4 Å². The van der Waals surface area contributed by atoms with Gasteiger partial charge in [-0.25, -0.2) is 4.79 Å². The third-order valence-corrected chi connectivity index (χ3v) is 5.55. The Morgan fingerprint density at radius 3 is 2.19 bits per heavy atom. The SMILES string of the molecule is COC(=O)c1ccc([C@@H]2C(c3ccc(OC)cc3)=C(O)C(=O)N2Cc2ccccc2)cc1. The number of benzene rings is 3. The lowest BCUT2D eigenvalue weighted by atomic mass is 9.92. The molecule has 1 heterocycles. The van der Waals surface area contributed by atoms with Gasteiger partial charge in [-0.3, -0.25) is 4.79 Å². The monoisotopic (exact) mass is 429 g/mol. The van der Waals surface area contributed by atoms with Gasteiger partial charge in [0.2, 0.25) is 0 Å². The average Bonchev–Trinajstić information content (AvgIpc) is 3.09. The van der Waals surface area contributed by atoms with Crippen molar-refractivity contribution in [2.24, 2.45) is 0 Å². The molecule has 4 rings (SSSR count). The van der Waals surface area contributed by atoms with Gasteiger partial charge in [0.1, 0.15) is 5.75 Å². The van der Waals surface area contributed by atoms with Crippen molar-refractivity contribution in [3.63, 3.8) is 0 Å². The van der Waals surface area contributed by atoms with E-state index in [4.69, 9.17) is 9.47 Å². The number of ether oxygens (including phenoxy) is 2. The summed E-state index contributed by atoms with van der Waals surface area (Å²) in [5.41, 5.74) is 3.36. The van der Waals surface area contributed by atoms with E-state index in [9.17, 15) is 14.7 Å². The van der Waals surface area contributed by atoms with Gasteiger partial charge >= 0.3 is 5.97 Å². The van der Waals surface area contributed by atoms with Crippen LogP contribution in [0.4, 0.5) is 0 Å². The zero-order valence-electron chi connectivity index (χ0n) is 17.8. The van der Waals surface area contributed by atoms with Gasteiger partial charge < -0.3 is 19.5 Å². The maximum atomic E-state index is 13.1. The first-order valence-electron chi connectivity index (χ1n) is 10.1. The first kappa shape index (κ1) is 21.2. The first-order chi connectivity index (χ1) is 15.5. The lowest BCUT2D eigenvalue weighted by Crippen LogP contribution is -2.29. The van der Waals surface area contributed by atoms with Crippen LogP contribution in [0, 0.1) is 0 Å². The highest BCUT2D eigenvalue weighted by molar-refractivity contribution is 6.05. The molecule has 0 aromatic heterocycles. The largest absolute Gasteiger partial charge is 0.503 e. The van der Waals surface area contributed by atoms with Crippen molar-refractivity contribution in [1.29, 1.82) is 0 Å². The average molecular weight is 429 g/mol. The summed E-state index contributed by atoms with van der Waals surface area (Å²) >= 11 is 0. The van der Waals surface area contributed by atoms with E-state index in [1.165, 1.54) is 7.11 Å². The molecule has 0 fully saturated rings. The van der Waals surface area contributed by atoms with Crippen LogP contribution in [-0.4, -0.2) is 36.1 Å². The highest BCUT2D eigenvalue weighted by Crippen LogP contribution is 2.44. The van der Waals surface area contributed by atoms with Crippen molar-refractivity contribution < 1.29 is 24.2 Å². The minimum Gasteiger partial charge on any atom is -0.503 e. The Balaban J connectivity index is 1.79. The lowest BCUT2D eigenvalue weighted by Gasteiger charge is -2.27. The molecule has 3 aromatic carbocycles. The molecule has 0 radical (unpaired) electrons. The number of aliphatic hydroxyl groups is 1. The van der Waals surface area contributed by atoms with E-state index in [1.807, 2.05) is 42.5 Å². The molecule has 6 heteroatoms. The van der Waals surface area contributed by atoms with Crippen LogP contribution in [0.3, 0.4) is 0 Å². The Hall–Kier alpha value is -4.06. The predicted molar refractivity (Wildman–Crippen MR) is 120 cm³/mol. The second-order valence-electron chi connectivity index (χ2n) is 7.43. The fourth-order valence-electron chi connectivity index (χ4n) is 3.93. The normalized spacial score (nSPS) is 15.8. The number of carbonyl (C=O) groups excluding carboxylic acids is 2. The molecule has 162 valence electrons. The van der Waals surface area contributed by atoms with E-state index in [0.717, 1.165) is 11.1 Å². The van der Waals surface area contributed by atoms with Crippen molar-refractivity contribution >= 4 is 17.4 Å². The van der Waals surface area contributed by atoms with Crippen molar-refractivity contribution in [1.82, 2.24) is 4.90 Å². The lowest BCUT2D eigenvalue weighted by molar-refractivity contribution is -0.130. The summed E-state index contributed by atoms with van der Waals surface area (Å²) in [5.74, 6) is -0.484. The summed E-state index contributed by atoms with van der Waals surface area (Å²) < 4.78 is 10.0. The molecule has 6 nitrogen and oxygen atoms in total. The van der Waals surface area contributed by atoms with Gasteiger partial charge in [0.15, 0.2) is 5.76 Å². The molecule has 1 aliphatic rings. The first-order valence-corrected chi connectivity index (χ1v) is 10.1. The van der Waals surface area contributed by atoms with E-state index in [2.05, 4.69) is 0 Å². The third kappa shape index (κ3) is 3.95. The fraction of sp³-hybridized carbons (Fsp3) is 0.154. The van der Waals surface area contributed by atoms with Crippen molar-refractivity contribution in [2.45, 2.75) is 12.6 Å². The summed E-state index contributed by atoms with van der Waals surface area (Å²) in [6, 6.07) is 23.2. The molecule has 1 N–H and O–H groups in total. The number of methoxy groups -OCH3 is 2. The van der Waals surface area contributed by atoms with Crippen LogP contribution in [0.25, 0.3) is 5.57 Å². The summed E-state index contributed by atoms with van der Waals surface area (Å²) in [4.78, 5) is 26.6. The maximum absolute atomic E-state index is 13.1. The molecule has 1 aliphatic heterocycles. The molecular formula is C26H23NO5. The second-order valence-corrected chi connectivity index (χ2v) is 7.43. The summed E-state index contributed by atoms with van der Waals surface area (Å²) in [7, 11) is 2.91. The van der Waals surface area contributed by atoms with Gasteiger partial charge in [-0.05, 0) is 41.0 Å². The van der Waals surface area contributed by atoms with Crippen molar-refractivity contribution in [2.75, 3.05) is 14.2 Å². The fourth-order valence-corrected chi connectivity index (χ4v) is 3.93. The van der Waals surface area contributed by atoms with Crippen LogP contribution >= 0.6 is 0 Å². The standard InChI is InChI=1S/C26H23NO5/c1-31-21-14-12-18(13-15-21)22-23(19-8-10-20(11-9-19)26(30)32-2)27(25(29)24(22)28)16-17-6-4-3-5-7-17/h3-15,23,28H,16H2,1-2H3/t23-/m1/s1. The minimum absolute atomic E-state index is 0.284. The van der Waals surface area contributed by atoms with Crippen LogP contribution in [0.2, 0.25) is 0 Å². The van der Waals surface area contributed by atoms with Crippen LogP contribution in [0.5, 0.6) is 5.75 Å². The minimum atomic E-state index is -0.525. The van der Waals surface area contributed by atoms with Crippen LogP contribution in [0.1, 0.15) is 33.1 Å². The Morgan fingerprint density at radius 1 is 0.938 bits per heavy atom. The van der Waals surface area contributed by atoms with Gasteiger partial charge in [-0.15, -0.1) is 0 Å². The molecule has 1 atom stereocenters. The number of hydrogen-bond acceptors (Lipinski definition) is 5. The second kappa shape index (κ2) is 8.98. The zero-order chi connectivity index (χ0) is 22.7. The quantitative estimate of drug-likeness (QED) is 0.583. The molecular weight excluding hydrogens is 406 g/mol. The van der Waals surface area contributed by atoms with Gasteiger partial charge in [0.25, 0.3) is 5.91 Å². The van der Waals surface area contributed by atoms with Crippen LogP contribution in [-0.2, 0) is 16.1 Å². The molecule has 0 unspecified atom stereocenters. The smallest absolute Gasteiger partial charge is 0.337 e. The highest BCUT2D eigenvalue weighted by atomic mass is 16.5. The molecule has 1 amide bonds. The predicted octanol–water partition coefficient (Wildman–Crippen LogP) is 4.53. The Labute approximate surface area is 186 Å². The van der Waals surface area contributed by atoms with Gasteiger partial charge in [0.05, 0.1) is 25.8 Å². The van der Waals surface area contributed by atoms with Crippen molar-refractivity contribution in [3.05, 3.63) is 107 Å². The Kier molecular flexibility index (Phi) is 5.94. The van der Waals surface area contributed by atoms with E-state index in [-0.39, 0.29) is 5.76 Å². The summed E-state index contributed by atoms with van der Waals surface area (Å²) in [5, 5.41) is 10.9. The Bertz CT molecular complexity index is 1150.